The topological polar surface area (TPSA) is 29.3 Å². The zero-order chi connectivity index (χ0) is 12.0. The number of nitrogens with two attached hydrogens (primary N) is 1. The summed E-state index contributed by atoms with van der Waals surface area (Å²) in [6.07, 6.45) is 3.87. The van der Waals surface area contributed by atoms with E-state index >= 15 is 0 Å². The number of nitrogens with zero attached hydrogens (tertiary/aromatic N) is 1. The van der Waals surface area contributed by atoms with E-state index in [4.69, 9.17) is 5.73 Å². The molecule has 1 atom stereocenters. The fourth-order valence-corrected chi connectivity index (χ4v) is 3.36. The minimum Gasteiger partial charge on any atom is -0.330 e. The van der Waals surface area contributed by atoms with Gasteiger partial charge in [-0.1, -0.05) is 20.8 Å². The van der Waals surface area contributed by atoms with E-state index in [2.05, 4.69) is 37.4 Å². The maximum atomic E-state index is 5.75. The van der Waals surface area contributed by atoms with Gasteiger partial charge in [0.1, 0.15) is 0 Å². The van der Waals surface area contributed by atoms with Crippen LogP contribution in [-0.2, 0) is 0 Å². The van der Waals surface area contributed by atoms with Gasteiger partial charge in [0, 0.05) is 24.1 Å². The molecule has 3 heteroatoms. The van der Waals surface area contributed by atoms with Crippen molar-refractivity contribution in [3.8, 4) is 0 Å². The van der Waals surface area contributed by atoms with Gasteiger partial charge in [-0.25, -0.2) is 0 Å². The highest BCUT2D eigenvalue weighted by Gasteiger charge is 2.20. The molecule has 2 N–H and O–H groups in total. The fraction of sp³-hybridized carbons (Fsp3) is 1.00. The maximum absolute atomic E-state index is 5.75. The Kier molecular flexibility index (Phi) is 6.16. The highest BCUT2D eigenvalue weighted by Crippen LogP contribution is 2.23. The summed E-state index contributed by atoms with van der Waals surface area (Å²) in [5, 5.41) is 0.872. The van der Waals surface area contributed by atoms with Gasteiger partial charge in [-0.3, -0.25) is 0 Å². The lowest BCUT2D eigenvalue weighted by atomic mass is 9.88. The third kappa shape index (κ3) is 5.07. The van der Waals surface area contributed by atoms with Gasteiger partial charge in [0.15, 0.2) is 0 Å². The van der Waals surface area contributed by atoms with Gasteiger partial charge >= 0.3 is 0 Å². The van der Waals surface area contributed by atoms with E-state index in [0.29, 0.717) is 5.41 Å². The first-order chi connectivity index (χ1) is 7.57. The lowest BCUT2D eigenvalue weighted by Crippen LogP contribution is -2.38. The van der Waals surface area contributed by atoms with E-state index in [-0.39, 0.29) is 0 Å². The van der Waals surface area contributed by atoms with Crippen LogP contribution in [0.15, 0.2) is 0 Å². The number of rotatable bonds is 6. The van der Waals surface area contributed by atoms with Crippen molar-refractivity contribution >= 4 is 11.8 Å². The Bertz CT molecular complexity index is 194. The molecule has 0 saturated carbocycles. The molecule has 1 rings (SSSR count). The minimum absolute atomic E-state index is 0.328. The molecule has 0 aromatic rings. The average Bonchev–Trinajstić information content (AvgIpc) is 2.29. The molecule has 1 unspecified atom stereocenters. The van der Waals surface area contributed by atoms with Crippen molar-refractivity contribution in [3.05, 3.63) is 0 Å². The van der Waals surface area contributed by atoms with Crippen molar-refractivity contribution in [1.82, 2.24) is 4.90 Å². The lowest BCUT2D eigenvalue weighted by molar-refractivity contribution is 0.248. The van der Waals surface area contributed by atoms with Crippen LogP contribution in [0, 0.1) is 5.41 Å². The largest absolute Gasteiger partial charge is 0.330 e. The molecule has 0 aromatic heterocycles. The second-order valence-corrected chi connectivity index (χ2v) is 7.08. The Hall–Kier alpha value is 0.270. The van der Waals surface area contributed by atoms with Crippen LogP contribution in [0.2, 0.25) is 0 Å². The first kappa shape index (κ1) is 14.3. The predicted molar refractivity (Wildman–Crippen MR) is 75.0 cm³/mol. The van der Waals surface area contributed by atoms with Gasteiger partial charge in [-0.05, 0) is 37.8 Å². The van der Waals surface area contributed by atoms with E-state index < -0.39 is 0 Å². The monoisotopic (exact) mass is 244 g/mol. The normalized spacial score (nSPS) is 23.6. The molecule has 0 aliphatic carbocycles. The van der Waals surface area contributed by atoms with E-state index in [1.807, 2.05) is 0 Å². The summed E-state index contributed by atoms with van der Waals surface area (Å²) < 4.78 is 0. The van der Waals surface area contributed by atoms with Crippen molar-refractivity contribution in [1.29, 1.82) is 0 Å². The number of hydrogen-bond donors (Lipinski definition) is 1. The second kappa shape index (κ2) is 6.87. The van der Waals surface area contributed by atoms with Crippen LogP contribution in [0.1, 0.15) is 40.0 Å². The van der Waals surface area contributed by atoms with Crippen LogP contribution in [0.3, 0.4) is 0 Å². The van der Waals surface area contributed by atoms with Gasteiger partial charge in [0.2, 0.25) is 0 Å². The Morgan fingerprint density at radius 3 is 2.81 bits per heavy atom. The van der Waals surface area contributed by atoms with Gasteiger partial charge in [-0.2, -0.15) is 11.8 Å². The number of thioether (sulfide) groups is 1. The Morgan fingerprint density at radius 2 is 2.19 bits per heavy atom. The summed E-state index contributed by atoms with van der Waals surface area (Å²) >= 11 is 2.15. The van der Waals surface area contributed by atoms with Crippen LogP contribution in [0.4, 0.5) is 0 Å². The summed E-state index contributed by atoms with van der Waals surface area (Å²) in [5.41, 5.74) is 6.08. The zero-order valence-electron chi connectivity index (χ0n) is 11.2. The van der Waals surface area contributed by atoms with Gasteiger partial charge in [0.05, 0.1) is 0 Å². The zero-order valence-corrected chi connectivity index (χ0v) is 12.0. The molecule has 0 spiro atoms. The van der Waals surface area contributed by atoms with Gasteiger partial charge in [-0.15, -0.1) is 0 Å². The molecule has 2 nitrogen and oxygen atoms in total. The molecule has 16 heavy (non-hydrogen) atoms. The maximum Gasteiger partial charge on any atom is 0.0172 e. The Morgan fingerprint density at radius 1 is 1.44 bits per heavy atom. The predicted octanol–water partition coefficient (Wildman–Crippen LogP) is 2.58. The molecule has 96 valence electrons. The molecular weight excluding hydrogens is 216 g/mol. The van der Waals surface area contributed by atoms with Crippen LogP contribution >= 0.6 is 11.8 Å². The minimum atomic E-state index is 0.328. The van der Waals surface area contributed by atoms with Crippen molar-refractivity contribution in [2.45, 2.75) is 45.3 Å². The van der Waals surface area contributed by atoms with E-state index in [9.17, 15) is 0 Å². The molecule has 1 fully saturated rings. The summed E-state index contributed by atoms with van der Waals surface area (Å²) in [5.74, 6) is 1.32. The summed E-state index contributed by atoms with van der Waals surface area (Å²) in [4.78, 5) is 2.64. The molecule has 1 aliphatic heterocycles. The first-order valence-electron chi connectivity index (χ1n) is 6.61. The fourth-order valence-electron chi connectivity index (χ4n) is 2.11. The Labute approximate surface area is 105 Å². The molecule has 0 bridgehead atoms. The standard InChI is InChI=1S/C13H28N2S/c1-4-12-10-15(8-9-16-12)7-5-6-13(2,3)11-14/h12H,4-11,14H2,1-3H3. The summed E-state index contributed by atoms with van der Waals surface area (Å²) in [6, 6.07) is 0. The summed E-state index contributed by atoms with van der Waals surface area (Å²) in [6.45, 7) is 11.5. The molecule has 1 heterocycles. The molecular formula is C13H28N2S. The average molecular weight is 244 g/mol. The Balaban J connectivity index is 2.17. The third-order valence-corrected chi connectivity index (χ3v) is 4.93. The van der Waals surface area contributed by atoms with Crippen molar-refractivity contribution < 1.29 is 0 Å². The van der Waals surface area contributed by atoms with Crippen molar-refractivity contribution in [2.24, 2.45) is 11.1 Å². The number of hydrogen-bond acceptors (Lipinski definition) is 3. The van der Waals surface area contributed by atoms with E-state index in [1.165, 1.54) is 44.6 Å². The SMILES string of the molecule is CCC1CN(CCCC(C)(C)CN)CCS1. The van der Waals surface area contributed by atoms with Crippen LogP contribution < -0.4 is 5.73 Å². The van der Waals surface area contributed by atoms with Crippen LogP contribution in [0.25, 0.3) is 0 Å². The van der Waals surface area contributed by atoms with E-state index in [1.54, 1.807) is 0 Å². The molecule has 0 aromatic carbocycles. The molecule has 0 amide bonds. The third-order valence-electron chi connectivity index (χ3n) is 3.56. The highest BCUT2D eigenvalue weighted by molar-refractivity contribution is 8.00. The lowest BCUT2D eigenvalue weighted by Gasteiger charge is -2.32. The van der Waals surface area contributed by atoms with Crippen molar-refractivity contribution in [2.75, 3.05) is 31.9 Å². The first-order valence-corrected chi connectivity index (χ1v) is 7.66. The van der Waals surface area contributed by atoms with Gasteiger partial charge in [0.25, 0.3) is 0 Å². The molecule has 1 saturated heterocycles. The quantitative estimate of drug-likeness (QED) is 0.779. The van der Waals surface area contributed by atoms with Gasteiger partial charge < -0.3 is 10.6 Å². The van der Waals surface area contributed by atoms with Crippen LogP contribution in [-0.4, -0.2) is 42.1 Å². The molecule has 1 aliphatic rings. The molecule has 0 radical (unpaired) electrons. The van der Waals surface area contributed by atoms with Crippen LogP contribution in [0.5, 0.6) is 0 Å². The second-order valence-electron chi connectivity index (χ2n) is 5.67. The smallest absolute Gasteiger partial charge is 0.0172 e. The highest BCUT2D eigenvalue weighted by atomic mass is 32.2. The summed E-state index contributed by atoms with van der Waals surface area (Å²) in [7, 11) is 0. The van der Waals surface area contributed by atoms with E-state index in [0.717, 1.165) is 11.8 Å². The van der Waals surface area contributed by atoms with Crippen molar-refractivity contribution in [3.63, 3.8) is 0 Å².